The number of aliphatic hydroxyl groups is 3. The van der Waals surface area contributed by atoms with Gasteiger partial charge in [0.05, 0.1) is 12.2 Å². The average Bonchev–Trinajstić information content (AvgIpc) is 3.07. The minimum atomic E-state index is -0.620. The van der Waals surface area contributed by atoms with Crippen molar-refractivity contribution in [3.63, 3.8) is 0 Å². The maximum atomic E-state index is 10.1. The molecule has 0 aromatic carbocycles. The van der Waals surface area contributed by atoms with Gasteiger partial charge in [0.15, 0.2) is 0 Å². The molecule has 0 aliphatic heterocycles. The van der Waals surface area contributed by atoms with Gasteiger partial charge in [0.1, 0.15) is 0 Å². The second-order valence-corrected chi connectivity index (χ2v) is 9.85. The number of fused-ring (bicyclic) bond motifs is 1. The van der Waals surface area contributed by atoms with Crippen LogP contribution in [-0.2, 0) is 0 Å². The molecule has 3 heteroatoms. The quantitative estimate of drug-likeness (QED) is 0.522. The molecule has 3 N–H and O–H groups in total. The Morgan fingerprint density at radius 3 is 2.77 bits per heavy atom. The van der Waals surface area contributed by atoms with Gasteiger partial charge in [0, 0.05) is 13.0 Å². The van der Waals surface area contributed by atoms with Crippen molar-refractivity contribution in [1.29, 1.82) is 0 Å². The monoisotopic (exact) mass is 412 g/mol. The number of rotatable bonds is 6. The van der Waals surface area contributed by atoms with Crippen molar-refractivity contribution >= 4 is 0 Å². The van der Waals surface area contributed by atoms with Crippen molar-refractivity contribution in [2.24, 2.45) is 23.2 Å². The van der Waals surface area contributed by atoms with Gasteiger partial charge in [-0.2, -0.15) is 0 Å². The van der Waals surface area contributed by atoms with Crippen molar-refractivity contribution < 1.29 is 15.3 Å². The fourth-order valence-corrected chi connectivity index (χ4v) is 6.23. The molecule has 3 saturated carbocycles. The van der Waals surface area contributed by atoms with Crippen LogP contribution in [0.15, 0.2) is 59.8 Å². The van der Waals surface area contributed by atoms with Gasteiger partial charge < -0.3 is 15.3 Å². The maximum Gasteiger partial charge on any atom is 0.0811 e. The number of allylic oxidation sites excluding steroid dienone is 6. The van der Waals surface area contributed by atoms with E-state index in [2.05, 4.69) is 50.8 Å². The first-order valence-electron chi connectivity index (χ1n) is 11.8. The Bertz CT molecular complexity index is 728. The molecule has 0 amide bonds. The highest BCUT2D eigenvalue weighted by atomic mass is 16.3. The van der Waals surface area contributed by atoms with Gasteiger partial charge in [-0.1, -0.05) is 62.5 Å². The summed E-state index contributed by atoms with van der Waals surface area (Å²) in [5.74, 6) is 1.86. The SMILES string of the molecule is C=C1/C(=C\C=C2/CCC[C@]3(C)[C@@H](C(C)/C=C/C=C/CCO)CC[C@@H]23)C[C@@H](O)C[C@@H]1O. The molecule has 0 aromatic rings. The van der Waals surface area contributed by atoms with Gasteiger partial charge in [-0.25, -0.2) is 0 Å². The lowest BCUT2D eigenvalue weighted by Gasteiger charge is -2.44. The molecule has 1 unspecified atom stereocenters. The van der Waals surface area contributed by atoms with E-state index < -0.39 is 12.2 Å². The van der Waals surface area contributed by atoms with Crippen LogP contribution >= 0.6 is 0 Å². The summed E-state index contributed by atoms with van der Waals surface area (Å²) in [5, 5.41) is 29.0. The molecule has 3 nitrogen and oxygen atoms in total. The molecule has 0 saturated heterocycles. The third kappa shape index (κ3) is 5.07. The zero-order valence-electron chi connectivity index (χ0n) is 18.8. The molecule has 3 fully saturated rings. The molecule has 3 aliphatic carbocycles. The van der Waals surface area contributed by atoms with E-state index in [9.17, 15) is 10.2 Å². The van der Waals surface area contributed by atoms with Crippen LogP contribution < -0.4 is 0 Å². The Morgan fingerprint density at radius 2 is 2.00 bits per heavy atom. The van der Waals surface area contributed by atoms with Gasteiger partial charge in [-0.3, -0.25) is 0 Å². The van der Waals surface area contributed by atoms with Gasteiger partial charge in [0.2, 0.25) is 0 Å². The molecule has 0 radical (unpaired) electrons. The lowest BCUT2D eigenvalue weighted by Crippen LogP contribution is -2.35. The number of hydrogen-bond donors (Lipinski definition) is 3. The highest BCUT2D eigenvalue weighted by Crippen LogP contribution is 2.59. The summed E-state index contributed by atoms with van der Waals surface area (Å²) < 4.78 is 0. The van der Waals surface area contributed by atoms with E-state index in [4.69, 9.17) is 5.11 Å². The molecular formula is C27H40O3. The summed E-state index contributed by atoms with van der Waals surface area (Å²) in [5.41, 5.74) is 3.65. The van der Waals surface area contributed by atoms with Crippen LogP contribution in [0.4, 0.5) is 0 Å². The molecule has 0 spiro atoms. The molecule has 3 aliphatic rings. The lowest BCUT2D eigenvalue weighted by molar-refractivity contribution is 0.0862. The van der Waals surface area contributed by atoms with Crippen molar-refractivity contribution in [3.05, 3.63) is 59.8 Å². The zero-order chi connectivity index (χ0) is 21.7. The van der Waals surface area contributed by atoms with E-state index in [1.54, 1.807) is 5.57 Å². The standard InChI is InChI=1S/C27H40O3/c1-19(9-6-4-5-7-16-28)24-13-14-25-21(10-8-15-27(24,25)3)11-12-22-17-23(29)18-26(30)20(22)2/h4-6,9,11-12,19,23-26,28-30H,2,7-8,10,13-18H2,1,3H3/b5-4+,9-6+,21-11+,22-12-/t19?,23-,24-,25+,26+,27-/m1/s1. The van der Waals surface area contributed by atoms with E-state index in [0.29, 0.717) is 42.4 Å². The Balaban J connectivity index is 1.73. The average molecular weight is 413 g/mol. The first kappa shape index (κ1) is 23.2. The second kappa shape index (κ2) is 10.3. The molecule has 3 rings (SSSR count). The molecule has 30 heavy (non-hydrogen) atoms. The highest BCUT2D eigenvalue weighted by molar-refractivity contribution is 5.38. The molecular weight excluding hydrogens is 372 g/mol. The van der Waals surface area contributed by atoms with Crippen LogP contribution in [0, 0.1) is 23.2 Å². The summed E-state index contributed by atoms with van der Waals surface area (Å²) in [7, 11) is 0. The van der Waals surface area contributed by atoms with E-state index >= 15 is 0 Å². The van der Waals surface area contributed by atoms with Crippen LogP contribution in [0.5, 0.6) is 0 Å². The van der Waals surface area contributed by atoms with Crippen LogP contribution in [0.2, 0.25) is 0 Å². The van der Waals surface area contributed by atoms with E-state index in [0.717, 1.165) is 17.6 Å². The van der Waals surface area contributed by atoms with Crippen LogP contribution in [0.25, 0.3) is 0 Å². The minimum Gasteiger partial charge on any atom is -0.396 e. The van der Waals surface area contributed by atoms with E-state index in [1.807, 2.05) is 6.08 Å². The summed E-state index contributed by atoms with van der Waals surface area (Å²) in [6.07, 6.45) is 19.8. The van der Waals surface area contributed by atoms with Crippen molar-refractivity contribution in [2.45, 2.75) is 77.4 Å². The molecule has 6 atom stereocenters. The second-order valence-electron chi connectivity index (χ2n) is 9.85. The third-order valence-corrected chi connectivity index (χ3v) is 7.89. The maximum absolute atomic E-state index is 10.1. The van der Waals surface area contributed by atoms with Gasteiger partial charge in [0.25, 0.3) is 0 Å². The number of aliphatic hydroxyl groups excluding tert-OH is 3. The smallest absolute Gasteiger partial charge is 0.0811 e. The van der Waals surface area contributed by atoms with Crippen molar-refractivity contribution in [3.8, 4) is 0 Å². The van der Waals surface area contributed by atoms with Crippen molar-refractivity contribution in [2.75, 3.05) is 6.61 Å². The van der Waals surface area contributed by atoms with Crippen LogP contribution in [-0.4, -0.2) is 34.1 Å². The predicted octanol–water partition coefficient (Wildman–Crippen LogP) is 5.26. The molecule has 0 heterocycles. The minimum absolute atomic E-state index is 0.207. The Hall–Kier alpha value is -1.42. The Morgan fingerprint density at radius 1 is 1.20 bits per heavy atom. The Labute approximate surface area is 182 Å². The normalized spacial score (nSPS) is 38.8. The number of hydrogen-bond acceptors (Lipinski definition) is 3. The topological polar surface area (TPSA) is 60.7 Å². The van der Waals surface area contributed by atoms with Gasteiger partial charge in [-0.15, -0.1) is 0 Å². The highest BCUT2D eigenvalue weighted by Gasteiger charge is 2.50. The summed E-state index contributed by atoms with van der Waals surface area (Å²) >= 11 is 0. The van der Waals surface area contributed by atoms with Crippen LogP contribution in [0.1, 0.15) is 65.2 Å². The largest absolute Gasteiger partial charge is 0.396 e. The zero-order valence-corrected chi connectivity index (χ0v) is 18.8. The van der Waals surface area contributed by atoms with E-state index in [1.165, 1.54) is 25.7 Å². The first-order valence-corrected chi connectivity index (χ1v) is 11.8. The van der Waals surface area contributed by atoms with Gasteiger partial charge >= 0.3 is 0 Å². The van der Waals surface area contributed by atoms with Crippen LogP contribution in [0.3, 0.4) is 0 Å². The summed E-state index contributed by atoms with van der Waals surface area (Å²) in [6.45, 7) is 9.10. The predicted molar refractivity (Wildman–Crippen MR) is 124 cm³/mol. The van der Waals surface area contributed by atoms with Gasteiger partial charge in [-0.05, 0) is 79.3 Å². The molecule has 0 bridgehead atoms. The fourth-order valence-electron chi connectivity index (χ4n) is 6.23. The summed E-state index contributed by atoms with van der Waals surface area (Å²) in [6, 6.07) is 0. The molecule has 166 valence electrons. The van der Waals surface area contributed by atoms with Crippen molar-refractivity contribution in [1.82, 2.24) is 0 Å². The lowest BCUT2D eigenvalue weighted by atomic mass is 9.61. The molecule has 0 aromatic heterocycles. The third-order valence-electron chi connectivity index (χ3n) is 7.89. The Kier molecular flexibility index (Phi) is 7.95. The van der Waals surface area contributed by atoms with E-state index in [-0.39, 0.29) is 6.61 Å². The first-order chi connectivity index (χ1) is 14.4. The summed E-state index contributed by atoms with van der Waals surface area (Å²) in [4.78, 5) is 0. The fraction of sp³-hybridized carbons (Fsp3) is 0.630.